The first-order valence-corrected chi connectivity index (χ1v) is 6.49. The summed E-state index contributed by atoms with van der Waals surface area (Å²) in [4.78, 5) is 11.3. The maximum absolute atomic E-state index is 11.3. The van der Waals surface area contributed by atoms with E-state index in [2.05, 4.69) is 10.4 Å². The fraction of sp³-hybridized carbons (Fsp3) is 0.692. The Bertz CT molecular complexity index is 478. The molecule has 1 saturated carbocycles. The van der Waals surface area contributed by atoms with Crippen molar-refractivity contribution >= 4 is 11.8 Å². The summed E-state index contributed by atoms with van der Waals surface area (Å²) in [6.45, 7) is 3.24. The van der Waals surface area contributed by atoms with Crippen LogP contribution < -0.4 is 5.32 Å². The maximum Gasteiger partial charge on any atom is 0.341 e. The Hall–Kier alpha value is -1.56. The third-order valence-electron chi connectivity index (χ3n) is 3.86. The highest BCUT2D eigenvalue weighted by Crippen LogP contribution is 2.48. The summed E-state index contributed by atoms with van der Waals surface area (Å²) in [6, 6.07) is 0. The van der Waals surface area contributed by atoms with Crippen LogP contribution in [0, 0.1) is 12.3 Å². The third-order valence-corrected chi connectivity index (χ3v) is 3.86. The topological polar surface area (TPSA) is 76.4 Å². The fourth-order valence-corrected chi connectivity index (χ4v) is 2.40. The van der Waals surface area contributed by atoms with Crippen LogP contribution in [0.1, 0.15) is 35.3 Å². The highest BCUT2D eigenvalue weighted by molar-refractivity contribution is 5.94. The molecule has 19 heavy (non-hydrogen) atoms. The number of aromatic carboxylic acids is 1. The van der Waals surface area contributed by atoms with Crippen molar-refractivity contribution in [2.24, 2.45) is 12.5 Å². The van der Waals surface area contributed by atoms with E-state index in [1.54, 1.807) is 25.8 Å². The molecule has 1 aromatic rings. The Morgan fingerprint density at radius 2 is 2.26 bits per heavy atom. The quantitative estimate of drug-likeness (QED) is 0.785. The van der Waals surface area contributed by atoms with Crippen LogP contribution in [0.15, 0.2) is 0 Å². The van der Waals surface area contributed by atoms with Crippen molar-refractivity contribution in [3.8, 4) is 0 Å². The minimum absolute atomic E-state index is 0.268. The molecule has 0 aromatic carbocycles. The highest BCUT2D eigenvalue weighted by atomic mass is 16.5. The van der Waals surface area contributed by atoms with Gasteiger partial charge in [0, 0.05) is 27.3 Å². The largest absolute Gasteiger partial charge is 0.477 e. The predicted molar refractivity (Wildman–Crippen MR) is 71.6 cm³/mol. The molecule has 6 heteroatoms. The molecule has 0 amide bonds. The SMILES string of the molecule is COCCC1(CNc2c(C(=O)O)c(C)nn2C)CC1. The van der Waals surface area contributed by atoms with Crippen LogP contribution in [0.3, 0.4) is 0 Å². The molecule has 2 N–H and O–H groups in total. The summed E-state index contributed by atoms with van der Waals surface area (Å²) in [5, 5.41) is 16.7. The van der Waals surface area contributed by atoms with Gasteiger partial charge in [0.15, 0.2) is 0 Å². The van der Waals surface area contributed by atoms with E-state index in [4.69, 9.17) is 4.74 Å². The first kappa shape index (κ1) is 13.9. The number of carboxylic acid groups (broad SMARTS) is 1. The van der Waals surface area contributed by atoms with Gasteiger partial charge in [-0.1, -0.05) is 0 Å². The van der Waals surface area contributed by atoms with Crippen molar-refractivity contribution in [3.05, 3.63) is 11.3 Å². The second-order valence-electron chi connectivity index (χ2n) is 5.33. The number of anilines is 1. The molecule has 1 aromatic heterocycles. The van der Waals surface area contributed by atoms with Crippen LogP contribution in [-0.4, -0.2) is 41.1 Å². The lowest BCUT2D eigenvalue weighted by Gasteiger charge is -2.16. The number of hydrogen-bond acceptors (Lipinski definition) is 4. The number of carbonyl (C=O) groups is 1. The van der Waals surface area contributed by atoms with Gasteiger partial charge in [0.25, 0.3) is 0 Å². The summed E-state index contributed by atoms with van der Waals surface area (Å²) in [5.41, 5.74) is 1.08. The van der Waals surface area contributed by atoms with E-state index >= 15 is 0 Å². The average molecular weight is 267 g/mol. The average Bonchev–Trinajstić information content (AvgIpc) is 3.05. The van der Waals surface area contributed by atoms with Gasteiger partial charge in [-0.2, -0.15) is 5.10 Å². The van der Waals surface area contributed by atoms with Crippen molar-refractivity contribution < 1.29 is 14.6 Å². The van der Waals surface area contributed by atoms with E-state index < -0.39 is 5.97 Å². The zero-order chi connectivity index (χ0) is 14.0. The number of carboxylic acids is 1. The molecule has 1 heterocycles. The lowest BCUT2D eigenvalue weighted by atomic mass is 10.0. The molecular formula is C13H21N3O3. The van der Waals surface area contributed by atoms with Gasteiger partial charge in [0.2, 0.25) is 0 Å². The van der Waals surface area contributed by atoms with E-state index in [0.717, 1.165) is 19.6 Å². The second kappa shape index (κ2) is 5.21. The molecule has 1 aliphatic rings. The monoisotopic (exact) mass is 267 g/mol. The summed E-state index contributed by atoms with van der Waals surface area (Å²) >= 11 is 0. The zero-order valence-corrected chi connectivity index (χ0v) is 11.7. The number of aryl methyl sites for hydroxylation is 2. The molecule has 0 saturated heterocycles. The summed E-state index contributed by atoms with van der Waals surface area (Å²) in [5.74, 6) is -0.344. The molecule has 1 aliphatic carbocycles. The number of nitrogens with one attached hydrogen (secondary N) is 1. The lowest BCUT2D eigenvalue weighted by Crippen LogP contribution is -2.20. The van der Waals surface area contributed by atoms with E-state index in [0.29, 0.717) is 11.5 Å². The van der Waals surface area contributed by atoms with Gasteiger partial charge >= 0.3 is 5.97 Å². The molecule has 0 bridgehead atoms. The van der Waals surface area contributed by atoms with Gasteiger partial charge in [-0.25, -0.2) is 4.79 Å². The summed E-state index contributed by atoms with van der Waals surface area (Å²) < 4.78 is 6.72. The number of aromatic nitrogens is 2. The molecule has 0 unspecified atom stereocenters. The molecule has 2 rings (SSSR count). The van der Waals surface area contributed by atoms with E-state index in [9.17, 15) is 9.90 Å². The summed E-state index contributed by atoms with van der Waals surface area (Å²) in [6.07, 6.45) is 3.35. The van der Waals surface area contributed by atoms with Crippen molar-refractivity contribution in [3.63, 3.8) is 0 Å². The number of ether oxygens (including phenoxy) is 1. The molecule has 106 valence electrons. The van der Waals surface area contributed by atoms with Gasteiger partial charge < -0.3 is 15.2 Å². The molecule has 0 radical (unpaired) electrons. The second-order valence-corrected chi connectivity index (χ2v) is 5.33. The maximum atomic E-state index is 11.3. The van der Waals surface area contributed by atoms with Crippen LogP contribution >= 0.6 is 0 Å². The number of nitrogens with zero attached hydrogens (tertiary/aromatic N) is 2. The molecule has 6 nitrogen and oxygen atoms in total. The summed E-state index contributed by atoms with van der Waals surface area (Å²) in [7, 11) is 3.47. The van der Waals surface area contributed by atoms with Crippen molar-refractivity contribution in [1.29, 1.82) is 0 Å². The zero-order valence-electron chi connectivity index (χ0n) is 11.7. The lowest BCUT2D eigenvalue weighted by molar-refractivity contribution is 0.0697. The van der Waals surface area contributed by atoms with Crippen molar-refractivity contribution in [2.75, 3.05) is 25.6 Å². The van der Waals surface area contributed by atoms with Crippen LogP contribution in [0.4, 0.5) is 5.82 Å². The number of rotatable bonds is 7. The van der Waals surface area contributed by atoms with E-state index in [-0.39, 0.29) is 11.0 Å². The van der Waals surface area contributed by atoms with Crippen LogP contribution in [0.2, 0.25) is 0 Å². The van der Waals surface area contributed by atoms with Crippen molar-refractivity contribution in [1.82, 2.24) is 9.78 Å². The van der Waals surface area contributed by atoms with Crippen LogP contribution in [0.5, 0.6) is 0 Å². The first-order valence-electron chi connectivity index (χ1n) is 6.49. The third kappa shape index (κ3) is 2.89. The van der Waals surface area contributed by atoms with Gasteiger partial charge in [-0.3, -0.25) is 4.68 Å². The smallest absolute Gasteiger partial charge is 0.341 e. The molecule has 0 aliphatic heterocycles. The Balaban J connectivity index is 2.06. The van der Waals surface area contributed by atoms with Gasteiger partial charge in [-0.15, -0.1) is 0 Å². The standard InChI is InChI=1S/C13H21N3O3/c1-9-10(12(17)18)11(16(2)15-9)14-8-13(4-5-13)6-7-19-3/h14H,4-8H2,1-3H3,(H,17,18). The number of methoxy groups -OCH3 is 1. The fourth-order valence-electron chi connectivity index (χ4n) is 2.40. The van der Waals surface area contributed by atoms with Gasteiger partial charge in [0.05, 0.1) is 5.69 Å². The van der Waals surface area contributed by atoms with Crippen LogP contribution in [0.25, 0.3) is 0 Å². The Kier molecular flexibility index (Phi) is 3.80. The molecular weight excluding hydrogens is 246 g/mol. The molecule has 1 fully saturated rings. The van der Waals surface area contributed by atoms with Gasteiger partial charge in [0.1, 0.15) is 11.4 Å². The van der Waals surface area contributed by atoms with E-state index in [1.165, 1.54) is 12.8 Å². The Labute approximate surface area is 112 Å². The normalized spacial score (nSPS) is 16.4. The predicted octanol–water partition coefficient (Wildman–Crippen LogP) is 1.66. The molecule has 0 spiro atoms. The van der Waals surface area contributed by atoms with Crippen molar-refractivity contribution in [2.45, 2.75) is 26.2 Å². The van der Waals surface area contributed by atoms with E-state index in [1.807, 2.05) is 0 Å². The number of hydrogen-bond donors (Lipinski definition) is 2. The Morgan fingerprint density at radius 3 is 2.79 bits per heavy atom. The first-order chi connectivity index (χ1) is 8.99. The Morgan fingerprint density at radius 1 is 1.58 bits per heavy atom. The van der Waals surface area contributed by atoms with Crippen LogP contribution in [-0.2, 0) is 11.8 Å². The minimum Gasteiger partial charge on any atom is -0.477 e. The highest BCUT2D eigenvalue weighted by Gasteiger charge is 2.42. The van der Waals surface area contributed by atoms with Gasteiger partial charge in [-0.05, 0) is 31.6 Å². The minimum atomic E-state index is -0.935. The molecule has 0 atom stereocenters.